The van der Waals surface area contributed by atoms with Gasteiger partial charge in [-0.05, 0) is 23.8 Å². The molecule has 0 atom stereocenters. The van der Waals surface area contributed by atoms with Crippen molar-refractivity contribution < 1.29 is 4.42 Å². The first kappa shape index (κ1) is 26.4. The summed E-state index contributed by atoms with van der Waals surface area (Å²) in [5.41, 5.74) is 8.63. The van der Waals surface area contributed by atoms with Crippen molar-refractivity contribution in [3.63, 3.8) is 0 Å². The van der Waals surface area contributed by atoms with Crippen molar-refractivity contribution in [1.82, 2.24) is 19.9 Å². The van der Waals surface area contributed by atoms with Gasteiger partial charge in [0.2, 0.25) is 0 Å². The zero-order valence-corrected chi connectivity index (χ0v) is 25.3. The molecule has 0 bridgehead atoms. The smallest absolute Gasteiger partial charge is 0.164 e. The number of hydrogen-bond acceptors (Lipinski definition) is 6. The SMILES string of the molecule is c1ccc(-c2nc(-c3ccccc3)nc(-c3cccc4oc5cccc(-c6cccc7nc(-c8ccccc8)sc67)c5c34)n2)cc1. The summed E-state index contributed by atoms with van der Waals surface area (Å²) < 4.78 is 7.65. The molecule has 46 heavy (non-hydrogen) atoms. The molecule has 6 aromatic carbocycles. The Hall–Kier alpha value is -5.98. The molecule has 6 heteroatoms. The Bertz CT molecular complexity index is 2470. The molecule has 0 aliphatic rings. The van der Waals surface area contributed by atoms with Gasteiger partial charge in [0.25, 0.3) is 0 Å². The van der Waals surface area contributed by atoms with E-state index >= 15 is 0 Å². The lowest BCUT2D eigenvalue weighted by Gasteiger charge is -2.10. The van der Waals surface area contributed by atoms with Crippen LogP contribution < -0.4 is 0 Å². The fourth-order valence-corrected chi connectivity index (χ4v) is 7.17. The van der Waals surface area contributed by atoms with Gasteiger partial charge in [-0.25, -0.2) is 19.9 Å². The zero-order valence-electron chi connectivity index (χ0n) is 24.5. The molecule has 0 spiro atoms. The fourth-order valence-electron chi connectivity index (χ4n) is 6.07. The summed E-state index contributed by atoms with van der Waals surface area (Å²) in [5.74, 6) is 1.84. The predicted molar refractivity (Wildman–Crippen MR) is 187 cm³/mol. The van der Waals surface area contributed by atoms with Gasteiger partial charge in [-0.1, -0.05) is 127 Å². The van der Waals surface area contributed by atoms with Crippen LogP contribution in [0, 0.1) is 0 Å². The summed E-state index contributed by atoms with van der Waals surface area (Å²) in [7, 11) is 0. The highest BCUT2D eigenvalue weighted by atomic mass is 32.1. The van der Waals surface area contributed by atoms with Gasteiger partial charge in [-0.3, -0.25) is 0 Å². The molecule has 216 valence electrons. The Labute approximate surface area is 268 Å². The average molecular weight is 609 g/mol. The van der Waals surface area contributed by atoms with Crippen LogP contribution in [0.1, 0.15) is 0 Å². The number of furan rings is 1. The second-order valence-corrected chi connectivity index (χ2v) is 12.0. The fraction of sp³-hybridized carbons (Fsp3) is 0. The van der Waals surface area contributed by atoms with Gasteiger partial charge in [0.15, 0.2) is 17.5 Å². The van der Waals surface area contributed by atoms with Crippen LogP contribution in [0.4, 0.5) is 0 Å². The highest BCUT2D eigenvalue weighted by Crippen LogP contribution is 2.44. The minimum Gasteiger partial charge on any atom is -0.456 e. The maximum Gasteiger partial charge on any atom is 0.164 e. The molecule has 0 amide bonds. The van der Waals surface area contributed by atoms with Crippen LogP contribution in [0.25, 0.3) is 88.0 Å². The van der Waals surface area contributed by atoms with Crippen LogP contribution in [0.15, 0.2) is 150 Å². The number of thiazole rings is 1. The van der Waals surface area contributed by atoms with E-state index in [9.17, 15) is 0 Å². The largest absolute Gasteiger partial charge is 0.456 e. The van der Waals surface area contributed by atoms with E-state index in [0.29, 0.717) is 17.5 Å². The van der Waals surface area contributed by atoms with Gasteiger partial charge >= 0.3 is 0 Å². The van der Waals surface area contributed by atoms with Crippen molar-refractivity contribution in [1.29, 1.82) is 0 Å². The lowest BCUT2D eigenvalue weighted by molar-refractivity contribution is 0.669. The summed E-state index contributed by atoms with van der Waals surface area (Å²) >= 11 is 1.71. The maximum atomic E-state index is 6.51. The van der Waals surface area contributed by atoms with Crippen molar-refractivity contribution in [2.24, 2.45) is 0 Å². The molecule has 9 aromatic rings. The third kappa shape index (κ3) is 4.47. The van der Waals surface area contributed by atoms with Crippen LogP contribution in [0.5, 0.6) is 0 Å². The monoisotopic (exact) mass is 608 g/mol. The lowest BCUT2D eigenvalue weighted by Crippen LogP contribution is -2.00. The van der Waals surface area contributed by atoms with E-state index in [0.717, 1.165) is 70.5 Å². The molecule has 3 aromatic heterocycles. The van der Waals surface area contributed by atoms with E-state index in [2.05, 4.69) is 60.7 Å². The first-order chi connectivity index (χ1) is 22.8. The van der Waals surface area contributed by atoms with E-state index in [1.165, 1.54) is 0 Å². The highest BCUT2D eigenvalue weighted by Gasteiger charge is 2.21. The van der Waals surface area contributed by atoms with Gasteiger partial charge < -0.3 is 4.42 Å². The van der Waals surface area contributed by atoms with Gasteiger partial charge in [0.05, 0.1) is 10.2 Å². The van der Waals surface area contributed by atoms with Crippen molar-refractivity contribution in [2.75, 3.05) is 0 Å². The van der Waals surface area contributed by atoms with Crippen molar-refractivity contribution in [3.8, 4) is 55.9 Å². The molecule has 0 fully saturated rings. The normalized spacial score (nSPS) is 11.5. The molecule has 0 saturated carbocycles. The Morgan fingerprint density at radius 1 is 0.391 bits per heavy atom. The zero-order chi connectivity index (χ0) is 30.5. The Morgan fingerprint density at radius 2 is 0.891 bits per heavy atom. The molecule has 0 saturated heterocycles. The van der Waals surface area contributed by atoms with Gasteiger partial charge in [0, 0.05) is 38.6 Å². The van der Waals surface area contributed by atoms with Crippen LogP contribution in [-0.4, -0.2) is 19.9 Å². The van der Waals surface area contributed by atoms with Gasteiger partial charge in [-0.2, -0.15) is 0 Å². The molecule has 0 aliphatic carbocycles. The summed E-state index contributed by atoms with van der Waals surface area (Å²) in [6.45, 7) is 0. The molecular weight excluding hydrogens is 585 g/mol. The first-order valence-corrected chi connectivity index (χ1v) is 15.9. The molecule has 9 rings (SSSR count). The predicted octanol–water partition coefficient (Wildman–Crippen LogP) is 10.7. The number of rotatable bonds is 5. The Balaban J connectivity index is 1.30. The van der Waals surface area contributed by atoms with E-state index in [1.54, 1.807) is 11.3 Å². The summed E-state index contributed by atoms with van der Waals surface area (Å²) in [5, 5.41) is 3.00. The van der Waals surface area contributed by atoms with Crippen LogP contribution in [0.2, 0.25) is 0 Å². The molecule has 3 heterocycles. The van der Waals surface area contributed by atoms with Gasteiger partial charge in [-0.15, -0.1) is 11.3 Å². The number of nitrogens with zero attached hydrogens (tertiary/aromatic N) is 4. The minimum atomic E-state index is 0.596. The summed E-state index contributed by atoms with van der Waals surface area (Å²) in [4.78, 5) is 20.0. The Kier molecular flexibility index (Phi) is 6.25. The quantitative estimate of drug-likeness (QED) is 0.194. The molecule has 0 unspecified atom stereocenters. The standard InChI is InChI=1S/C40H24N4OS/c1-4-13-25(14-5-1)37-42-38(26-15-6-2-7-16-26)44-39(43-37)30-21-12-24-33-35(30)34-28(19-11-23-32(34)45-33)29-20-10-22-31-36(29)46-40(41-31)27-17-8-3-9-18-27/h1-24H. The summed E-state index contributed by atoms with van der Waals surface area (Å²) in [6.07, 6.45) is 0. The maximum absolute atomic E-state index is 6.51. The summed E-state index contributed by atoms with van der Waals surface area (Å²) in [6, 6.07) is 49.1. The van der Waals surface area contributed by atoms with Crippen LogP contribution in [0.3, 0.4) is 0 Å². The van der Waals surface area contributed by atoms with E-state index in [-0.39, 0.29) is 0 Å². The van der Waals surface area contributed by atoms with E-state index in [4.69, 9.17) is 24.4 Å². The van der Waals surface area contributed by atoms with Crippen molar-refractivity contribution >= 4 is 43.5 Å². The molecule has 0 radical (unpaired) electrons. The number of fused-ring (bicyclic) bond motifs is 4. The van der Waals surface area contributed by atoms with Crippen LogP contribution >= 0.6 is 11.3 Å². The molecule has 5 nitrogen and oxygen atoms in total. The average Bonchev–Trinajstić information content (AvgIpc) is 3.75. The Morgan fingerprint density at radius 3 is 1.52 bits per heavy atom. The number of aromatic nitrogens is 4. The number of benzene rings is 6. The van der Waals surface area contributed by atoms with Crippen LogP contribution in [-0.2, 0) is 0 Å². The van der Waals surface area contributed by atoms with E-state index in [1.807, 2.05) is 84.9 Å². The van der Waals surface area contributed by atoms with Gasteiger partial charge in [0.1, 0.15) is 16.2 Å². The first-order valence-electron chi connectivity index (χ1n) is 15.1. The molecule has 0 N–H and O–H groups in total. The third-order valence-electron chi connectivity index (χ3n) is 8.19. The lowest BCUT2D eigenvalue weighted by atomic mass is 9.97. The topological polar surface area (TPSA) is 64.7 Å². The van der Waals surface area contributed by atoms with Crippen molar-refractivity contribution in [2.45, 2.75) is 0 Å². The molecule has 0 aliphatic heterocycles. The third-order valence-corrected chi connectivity index (χ3v) is 9.34. The molecular formula is C40H24N4OS. The second-order valence-electron chi connectivity index (χ2n) is 11.0. The van der Waals surface area contributed by atoms with E-state index < -0.39 is 0 Å². The second kappa shape index (κ2) is 10.9. The highest BCUT2D eigenvalue weighted by molar-refractivity contribution is 7.22. The number of hydrogen-bond donors (Lipinski definition) is 0. The van der Waals surface area contributed by atoms with Crippen molar-refractivity contribution in [3.05, 3.63) is 146 Å². The minimum absolute atomic E-state index is 0.596.